The highest BCUT2D eigenvalue weighted by atomic mass is 19.1. The van der Waals surface area contributed by atoms with Gasteiger partial charge in [-0.1, -0.05) is 6.07 Å². The van der Waals surface area contributed by atoms with Crippen molar-refractivity contribution in [2.75, 3.05) is 18.4 Å². The maximum Gasteiger partial charge on any atom is 0.317 e. The molecule has 3 N–H and O–H groups in total. The van der Waals surface area contributed by atoms with E-state index in [0.29, 0.717) is 42.7 Å². The second-order valence-electron chi connectivity index (χ2n) is 7.92. The molecular weight excluding hydrogens is 392 g/mol. The van der Waals surface area contributed by atoms with E-state index in [0.717, 1.165) is 0 Å². The molecule has 0 aromatic heterocycles. The Morgan fingerprint density at radius 2 is 1.93 bits per heavy atom. The standard InChI is InChI=1S/C22H23F2N3O3/c23-16-2-4-19-17(10-16)20(29)11-22(26-19)5-7-27(8-6-22)21(30)25-12-14-1-3-18(24)15(9-14)13-28/h1-4,9-10,26,28H,5-8,11-13H2,(H,25,30). The highest BCUT2D eigenvalue weighted by molar-refractivity contribution is 6.04. The van der Waals surface area contributed by atoms with Crippen molar-refractivity contribution in [2.24, 2.45) is 0 Å². The predicted octanol–water partition coefficient (Wildman–Crippen LogP) is 3.20. The second kappa shape index (κ2) is 8.02. The van der Waals surface area contributed by atoms with Gasteiger partial charge < -0.3 is 20.6 Å². The molecule has 6 nitrogen and oxygen atoms in total. The van der Waals surface area contributed by atoms with Gasteiger partial charge in [0.15, 0.2) is 5.78 Å². The van der Waals surface area contributed by atoms with Crippen molar-refractivity contribution in [3.8, 4) is 0 Å². The number of hydrogen-bond acceptors (Lipinski definition) is 4. The van der Waals surface area contributed by atoms with Crippen LogP contribution in [0.3, 0.4) is 0 Å². The van der Waals surface area contributed by atoms with Gasteiger partial charge in [-0.25, -0.2) is 13.6 Å². The van der Waals surface area contributed by atoms with Gasteiger partial charge in [0.2, 0.25) is 0 Å². The number of carbonyl (C=O) groups is 2. The van der Waals surface area contributed by atoms with Crippen molar-refractivity contribution < 1.29 is 23.5 Å². The number of ketones is 1. The summed E-state index contributed by atoms with van der Waals surface area (Å²) in [4.78, 5) is 26.7. The summed E-state index contributed by atoms with van der Waals surface area (Å²) in [5.74, 6) is -0.997. The Labute approximate surface area is 172 Å². The van der Waals surface area contributed by atoms with Crippen LogP contribution in [0.4, 0.5) is 19.3 Å². The highest BCUT2D eigenvalue weighted by Crippen LogP contribution is 2.37. The minimum atomic E-state index is -0.479. The third-order valence-electron chi connectivity index (χ3n) is 5.91. The lowest BCUT2D eigenvalue weighted by atomic mass is 9.78. The summed E-state index contributed by atoms with van der Waals surface area (Å²) < 4.78 is 26.9. The first-order chi connectivity index (χ1) is 14.4. The molecule has 0 unspecified atom stereocenters. The highest BCUT2D eigenvalue weighted by Gasteiger charge is 2.41. The summed E-state index contributed by atoms with van der Waals surface area (Å²) in [5.41, 5.74) is 1.48. The van der Waals surface area contributed by atoms with Gasteiger partial charge in [-0.05, 0) is 48.7 Å². The number of amides is 2. The summed E-state index contributed by atoms with van der Waals surface area (Å²) in [6.45, 7) is 0.786. The smallest absolute Gasteiger partial charge is 0.317 e. The number of likely N-dealkylation sites (tertiary alicyclic amines) is 1. The zero-order valence-corrected chi connectivity index (χ0v) is 16.4. The molecule has 0 radical (unpaired) electrons. The number of piperidine rings is 1. The lowest BCUT2D eigenvalue weighted by molar-refractivity contribution is 0.0915. The van der Waals surface area contributed by atoms with E-state index in [9.17, 15) is 18.4 Å². The molecule has 0 aliphatic carbocycles. The minimum absolute atomic E-state index is 0.0860. The molecule has 2 aromatic rings. The van der Waals surface area contributed by atoms with Crippen LogP contribution in [0.1, 0.15) is 40.7 Å². The number of aliphatic hydroxyl groups is 1. The topological polar surface area (TPSA) is 81.7 Å². The van der Waals surface area contributed by atoms with Crippen LogP contribution in [0, 0.1) is 11.6 Å². The van der Waals surface area contributed by atoms with E-state index in [1.807, 2.05) is 0 Å². The number of urea groups is 1. The normalized spacial score (nSPS) is 17.4. The van der Waals surface area contributed by atoms with Crippen LogP contribution in [0.2, 0.25) is 0 Å². The van der Waals surface area contributed by atoms with Crippen molar-refractivity contribution in [1.29, 1.82) is 0 Å². The van der Waals surface area contributed by atoms with Crippen LogP contribution in [-0.4, -0.2) is 40.4 Å². The van der Waals surface area contributed by atoms with Crippen molar-refractivity contribution in [1.82, 2.24) is 10.2 Å². The number of halogens is 2. The van der Waals surface area contributed by atoms with Crippen LogP contribution < -0.4 is 10.6 Å². The first kappa shape index (κ1) is 20.3. The van der Waals surface area contributed by atoms with Crippen molar-refractivity contribution >= 4 is 17.5 Å². The maximum atomic E-state index is 13.5. The van der Waals surface area contributed by atoms with E-state index in [-0.39, 0.29) is 30.3 Å². The largest absolute Gasteiger partial charge is 0.392 e. The SMILES string of the molecule is O=C1CC2(CCN(C(=O)NCc3ccc(F)c(CO)c3)CC2)Nc2ccc(F)cc21. The van der Waals surface area contributed by atoms with Gasteiger partial charge in [0.05, 0.1) is 6.61 Å². The Morgan fingerprint density at radius 1 is 1.17 bits per heavy atom. The lowest BCUT2D eigenvalue weighted by Gasteiger charge is -2.45. The Bertz CT molecular complexity index is 988. The van der Waals surface area contributed by atoms with E-state index >= 15 is 0 Å². The monoisotopic (exact) mass is 415 g/mol. The number of carbonyl (C=O) groups excluding carboxylic acids is 2. The molecular formula is C22H23F2N3O3. The van der Waals surface area contributed by atoms with Crippen LogP contribution in [0.15, 0.2) is 36.4 Å². The summed E-state index contributed by atoms with van der Waals surface area (Å²) in [6.07, 6.45) is 1.49. The van der Waals surface area contributed by atoms with E-state index < -0.39 is 23.8 Å². The molecule has 2 heterocycles. The molecule has 1 fully saturated rings. The number of fused-ring (bicyclic) bond motifs is 1. The molecule has 0 bridgehead atoms. The van der Waals surface area contributed by atoms with E-state index in [2.05, 4.69) is 10.6 Å². The van der Waals surface area contributed by atoms with Gasteiger partial charge in [-0.3, -0.25) is 4.79 Å². The van der Waals surface area contributed by atoms with E-state index in [1.165, 1.54) is 24.3 Å². The van der Waals surface area contributed by atoms with Gasteiger partial charge in [0.1, 0.15) is 11.6 Å². The van der Waals surface area contributed by atoms with E-state index in [4.69, 9.17) is 5.11 Å². The predicted molar refractivity (Wildman–Crippen MR) is 107 cm³/mol. The Balaban J connectivity index is 1.35. The number of hydrogen-bond donors (Lipinski definition) is 3. The van der Waals surface area contributed by atoms with Crippen molar-refractivity contribution in [3.05, 3.63) is 64.7 Å². The number of anilines is 1. The van der Waals surface area contributed by atoms with Crippen LogP contribution in [0.25, 0.3) is 0 Å². The number of benzene rings is 2. The number of rotatable bonds is 3. The maximum absolute atomic E-state index is 13.5. The van der Waals surface area contributed by atoms with Gasteiger partial charge in [0, 0.05) is 48.4 Å². The molecule has 8 heteroatoms. The Kier molecular flexibility index (Phi) is 5.42. The summed E-state index contributed by atoms with van der Waals surface area (Å²) >= 11 is 0. The van der Waals surface area contributed by atoms with Gasteiger partial charge in [0.25, 0.3) is 0 Å². The molecule has 1 saturated heterocycles. The fourth-order valence-electron chi connectivity index (χ4n) is 4.18. The first-order valence-corrected chi connectivity index (χ1v) is 9.91. The quantitative estimate of drug-likeness (QED) is 0.719. The molecule has 2 aliphatic rings. The molecule has 30 heavy (non-hydrogen) atoms. The van der Waals surface area contributed by atoms with Gasteiger partial charge in [-0.15, -0.1) is 0 Å². The second-order valence-corrected chi connectivity index (χ2v) is 7.92. The average molecular weight is 415 g/mol. The fourth-order valence-corrected chi connectivity index (χ4v) is 4.18. The van der Waals surface area contributed by atoms with Crippen LogP contribution >= 0.6 is 0 Å². The van der Waals surface area contributed by atoms with Crippen LogP contribution in [-0.2, 0) is 13.2 Å². The number of nitrogens with zero attached hydrogens (tertiary/aromatic N) is 1. The summed E-state index contributed by atoms with van der Waals surface area (Å²) in [6, 6.07) is 8.32. The fraction of sp³-hybridized carbons (Fsp3) is 0.364. The number of Topliss-reactive ketones (excluding diaryl/α,β-unsaturated/α-hetero) is 1. The van der Waals surface area contributed by atoms with Crippen LogP contribution in [0.5, 0.6) is 0 Å². The third-order valence-corrected chi connectivity index (χ3v) is 5.91. The zero-order valence-electron chi connectivity index (χ0n) is 16.4. The summed E-state index contributed by atoms with van der Waals surface area (Å²) in [5, 5.41) is 15.4. The summed E-state index contributed by atoms with van der Waals surface area (Å²) in [7, 11) is 0. The molecule has 2 aromatic carbocycles. The molecule has 158 valence electrons. The van der Waals surface area contributed by atoms with Crippen molar-refractivity contribution in [2.45, 2.75) is 38.0 Å². The first-order valence-electron chi connectivity index (χ1n) is 9.91. The molecule has 2 amide bonds. The van der Waals surface area contributed by atoms with E-state index in [1.54, 1.807) is 17.0 Å². The number of nitrogens with one attached hydrogen (secondary N) is 2. The minimum Gasteiger partial charge on any atom is -0.392 e. The molecule has 4 rings (SSSR count). The van der Waals surface area contributed by atoms with Gasteiger partial charge in [-0.2, -0.15) is 0 Å². The van der Waals surface area contributed by atoms with Crippen molar-refractivity contribution in [3.63, 3.8) is 0 Å². The molecule has 0 atom stereocenters. The average Bonchev–Trinajstić information content (AvgIpc) is 2.74. The zero-order chi connectivity index (χ0) is 21.3. The molecule has 0 saturated carbocycles. The van der Waals surface area contributed by atoms with Gasteiger partial charge >= 0.3 is 6.03 Å². The number of aliphatic hydroxyl groups excluding tert-OH is 1. The third kappa shape index (κ3) is 4.00. The lowest BCUT2D eigenvalue weighted by Crippen LogP contribution is -2.55. The molecule has 1 spiro atoms. The molecule has 2 aliphatic heterocycles. The Morgan fingerprint density at radius 3 is 2.67 bits per heavy atom. The Hall–Kier alpha value is -3.00.